The van der Waals surface area contributed by atoms with Crippen LogP contribution in [-0.4, -0.2) is 33.3 Å². The fraction of sp³-hybridized carbons (Fsp3) is 1.00. The van der Waals surface area contributed by atoms with Crippen LogP contribution in [0.1, 0.15) is 38.5 Å². The monoisotopic (exact) mass is 272 g/mol. The Morgan fingerprint density at radius 2 is 1.89 bits per heavy atom. The first-order valence-corrected chi connectivity index (χ1v) is 8.98. The second-order valence-electron chi connectivity index (χ2n) is 6.33. The Balaban J connectivity index is 1.38. The van der Waals surface area contributed by atoms with Gasteiger partial charge >= 0.3 is 0 Å². The van der Waals surface area contributed by atoms with Crippen LogP contribution in [0.2, 0.25) is 0 Å². The summed E-state index contributed by atoms with van der Waals surface area (Å²) < 4.78 is 26.5. The lowest BCUT2D eigenvalue weighted by Crippen LogP contribution is -2.36. The summed E-state index contributed by atoms with van der Waals surface area (Å²) in [4.78, 5) is 0. The lowest BCUT2D eigenvalue weighted by Gasteiger charge is -2.21. The van der Waals surface area contributed by atoms with E-state index in [1.807, 2.05) is 0 Å². The summed E-state index contributed by atoms with van der Waals surface area (Å²) >= 11 is 0. The highest BCUT2D eigenvalue weighted by Crippen LogP contribution is 2.47. The van der Waals surface area contributed by atoms with Gasteiger partial charge in [0, 0.05) is 19.1 Å². The molecule has 3 aliphatic carbocycles. The molecule has 5 heteroatoms. The minimum Gasteiger partial charge on any atom is -0.313 e. The minimum atomic E-state index is -3.07. The van der Waals surface area contributed by atoms with Crippen LogP contribution in [0.25, 0.3) is 0 Å². The summed E-state index contributed by atoms with van der Waals surface area (Å²) in [5.41, 5.74) is 0. The van der Waals surface area contributed by atoms with Gasteiger partial charge in [-0.25, -0.2) is 13.1 Å². The van der Waals surface area contributed by atoms with Gasteiger partial charge in [-0.2, -0.15) is 0 Å². The number of hydrogen-bond acceptors (Lipinski definition) is 3. The van der Waals surface area contributed by atoms with Gasteiger partial charge in [0.25, 0.3) is 0 Å². The number of rotatable bonds is 7. The number of nitrogens with one attached hydrogen (secondary N) is 2. The van der Waals surface area contributed by atoms with E-state index < -0.39 is 10.0 Å². The summed E-state index contributed by atoms with van der Waals surface area (Å²) in [6, 6.07) is 0.589. The first-order chi connectivity index (χ1) is 8.62. The van der Waals surface area contributed by atoms with Gasteiger partial charge in [0.1, 0.15) is 0 Å². The van der Waals surface area contributed by atoms with Gasteiger partial charge in [0.2, 0.25) is 10.0 Å². The van der Waals surface area contributed by atoms with Crippen molar-refractivity contribution in [2.75, 3.05) is 18.8 Å². The third-order valence-corrected chi connectivity index (χ3v) is 6.18. The van der Waals surface area contributed by atoms with E-state index in [0.717, 1.165) is 11.8 Å². The smallest absolute Gasteiger partial charge is 0.212 e. The zero-order valence-electron chi connectivity index (χ0n) is 10.9. The highest BCUT2D eigenvalue weighted by Gasteiger charge is 2.39. The Labute approximate surface area is 110 Å². The van der Waals surface area contributed by atoms with Crippen LogP contribution in [0.5, 0.6) is 0 Å². The molecule has 3 aliphatic rings. The summed E-state index contributed by atoms with van der Waals surface area (Å²) in [5.74, 6) is 2.52. The van der Waals surface area contributed by atoms with E-state index in [4.69, 9.17) is 0 Å². The lowest BCUT2D eigenvalue weighted by atomic mass is 9.89. The Hall–Kier alpha value is -0.130. The zero-order chi connectivity index (χ0) is 12.6. The maximum atomic E-state index is 11.8. The Morgan fingerprint density at radius 3 is 2.50 bits per heavy atom. The number of fused-ring (bicyclic) bond motifs is 2. The average molecular weight is 272 g/mol. The molecule has 2 N–H and O–H groups in total. The fourth-order valence-electron chi connectivity index (χ4n) is 3.62. The van der Waals surface area contributed by atoms with Crippen LogP contribution in [0, 0.1) is 17.8 Å². The molecule has 3 atom stereocenters. The number of hydrogen-bond donors (Lipinski definition) is 2. The molecule has 2 bridgehead atoms. The van der Waals surface area contributed by atoms with Crippen molar-refractivity contribution in [3.05, 3.63) is 0 Å². The first kappa shape index (κ1) is 12.9. The van der Waals surface area contributed by atoms with Crippen molar-refractivity contribution in [1.82, 2.24) is 10.0 Å². The average Bonchev–Trinajstić information content (AvgIpc) is 2.91. The standard InChI is InChI=1S/C13H24N2O2S/c16-18(17,6-5-14-13-3-4-13)15-9-12-8-10-1-2-11(12)7-10/h10-15H,1-9H2. The molecule has 0 spiro atoms. The molecule has 0 saturated heterocycles. The van der Waals surface area contributed by atoms with E-state index >= 15 is 0 Å². The van der Waals surface area contributed by atoms with Crippen LogP contribution < -0.4 is 10.0 Å². The van der Waals surface area contributed by atoms with E-state index in [-0.39, 0.29) is 5.75 Å². The Kier molecular flexibility index (Phi) is 3.65. The van der Waals surface area contributed by atoms with Crippen molar-refractivity contribution in [2.24, 2.45) is 17.8 Å². The minimum absolute atomic E-state index is 0.227. The Bertz CT molecular complexity index is 392. The van der Waals surface area contributed by atoms with Gasteiger partial charge in [-0.1, -0.05) is 6.42 Å². The molecule has 3 rings (SSSR count). The third kappa shape index (κ3) is 3.25. The second-order valence-corrected chi connectivity index (χ2v) is 8.26. The molecule has 4 nitrogen and oxygen atoms in total. The largest absolute Gasteiger partial charge is 0.313 e. The van der Waals surface area contributed by atoms with Gasteiger partial charge in [0.15, 0.2) is 0 Å². The van der Waals surface area contributed by atoms with Crippen LogP contribution in [0.15, 0.2) is 0 Å². The van der Waals surface area contributed by atoms with Crippen molar-refractivity contribution < 1.29 is 8.42 Å². The van der Waals surface area contributed by atoms with Crippen molar-refractivity contribution in [2.45, 2.75) is 44.6 Å². The predicted octanol–water partition coefficient (Wildman–Crippen LogP) is 1.09. The summed E-state index contributed by atoms with van der Waals surface area (Å²) in [6.07, 6.45) is 7.69. The molecule has 0 aromatic rings. The molecule has 0 amide bonds. The molecule has 0 aliphatic heterocycles. The molecule has 0 heterocycles. The zero-order valence-corrected chi connectivity index (χ0v) is 11.7. The van der Waals surface area contributed by atoms with Gasteiger partial charge in [-0.3, -0.25) is 0 Å². The van der Waals surface area contributed by atoms with E-state index in [0.29, 0.717) is 25.0 Å². The predicted molar refractivity (Wildman–Crippen MR) is 71.8 cm³/mol. The normalized spacial score (nSPS) is 35.2. The van der Waals surface area contributed by atoms with Crippen LogP contribution in [0.4, 0.5) is 0 Å². The van der Waals surface area contributed by atoms with Gasteiger partial charge in [-0.05, 0) is 49.9 Å². The molecule has 3 unspecified atom stereocenters. The molecule has 3 saturated carbocycles. The maximum absolute atomic E-state index is 11.8. The van der Waals surface area contributed by atoms with Gasteiger partial charge < -0.3 is 5.32 Å². The quantitative estimate of drug-likeness (QED) is 0.729. The maximum Gasteiger partial charge on any atom is 0.212 e. The summed E-state index contributed by atoms with van der Waals surface area (Å²) in [7, 11) is -3.07. The molecule has 3 fully saturated rings. The van der Waals surface area contributed by atoms with E-state index in [1.165, 1.54) is 38.5 Å². The van der Waals surface area contributed by atoms with Crippen LogP contribution in [-0.2, 0) is 10.0 Å². The molecular formula is C13H24N2O2S. The van der Waals surface area contributed by atoms with E-state index in [2.05, 4.69) is 10.0 Å². The third-order valence-electron chi connectivity index (χ3n) is 4.83. The van der Waals surface area contributed by atoms with Gasteiger partial charge in [0.05, 0.1) is 5.75 Å². The number of sulfonamides is 1. The SMILES string of the molecule is O=S(=O)(CCNC1CC1)NCC1CC2CCC1C2. The van der Waals surface area contributed by atoms with E-state index in [9.17, 15) is 8.42 Å². The highest BCUT2D eigenvalue weighted by atomic mass is 32.2. The van der Waals surface area contributed by atoms with Crippen LogP contribution in [0.3, 0.4) is 0 Å². The first-order valence-electron chi connectivity index (χ1n) is 7.33. The van der Waals surface area contributed by atoms with Crippen LogP contribution >= 0.6 is 0 Å². The van der Waals surface area contributed by atoms with Crippen molar-refractivity contribution in [3.63, 3.8) is 0 Å². The van der Waals surface area contributed by atoms with E-state index in [1.54, 1.807) is 0 Å². The highest BCUT2D eigenvalue weighted by molar-refractivity contribution is 7.89. The summed E-state index contributed by atoms with van der Waals surface area (Å²) in [5, 5.41) is 3.25. The topological polar surface area (TPSA) is 58.2 Å². The van der Waals surface area contributed by atoms with Crippen molar-refractivity contribution >= 4 is 10.0 Å². The Morgan fingerprint density at radius 1 is 1.06 bits per heavy atom. The van der Waals surface area contributed by atoms with Crippen molar-refractivity contribution in [1.29, 1.82) is 0 Å². The molecule has 18 heavy (non-hydrogen) atoms. The molecule has 0 aromatic heterocycles. The molecule has 0 radical (unpaired) electrons. The molecule has 0 aromatic carbocycles. The molecule has 104 valence electrons. The lowest BCUT2D eigenvalue weighted by molar-refractivity contribution is 0.333. The van der Waals surface area contributed by atoms with Gasteiger partial charge in [-0.15, -0.1) is 0 Å². The second kappa shape index (κ2) is 5.10. The fourth-order valence-corrected chi connectivity index (χ4v) is 4.62. The van der Waals surface area contributed by atoms with Crippen molar-refractivity contribution in [3.8, 4) is 0 Å². The molecular weight excluding hydrogens is 248 g/mol. The summed E-state index contributed by atoms with van der Waals surface area (Å²) in [6.45, 7) is 1.27.